The zero-order chi connectivity index (χ0) is 23.5. The summed E-state index contributed by atoms with van der Waals surface area (Å²) >= 11 is 0. The Bertz CT molecular complexity index is 1100. The van der Waals surface area contributed by atoms with Gasteiger partial charge in [-0.1, -0.05) is 54.6 Å². The summed E-state index contributed by atoms with van der Waals surface area (Å²) < 4.78 is 1.37. The lowest BCUT2D eigenvalue weighted by Crippen LogP contribution is -2.35. The van der Waals surface area contributed by atoms with Crippen molar-refractivity contribution in [1.82, 2.24) is 9.88 Å². The number of aromatic nitrogens is 1. The Balaban J connectivity index is 0.000000235. The molecular weight excluding hydrogens is 404 g/mol. The molecule has 6 nitrogen and oxygen atoms in total. The van der Waals surface area contributed by atoms with Crippen LogP contribution in [0, 0.1) is 6.92 Å². The van der Waals surface area contributed by atoms with Crippen LogP contribution < -0.4 is 10.9 Å². The van der Waals surface area contributed by atoms with Crippen LogP contribution in [0.5, 0.6) is 0 Å². The number of hydrogen-bond donors (Lipinski definition) is 2. The molecule has 0 aliphatic rings. The van der Waals surface area contributed by atoms with Gasteiger partial charge in [0.1, 0.15) is 6.54 Å². The number of carboxylic acid groups (broad SMARTS) is 1. The lowest BCUT2D eigenvalue weighted by atomic mass is 9.98. The zero-order valence-electron chi connectivity index (χ0n) is 18.7. The topological polar surface area (TPSA) is 88.4 Å². The number of carbonyl (C=O) groups excluding carboxylic acids is 1. The van der Waals surface area contributed by atoms with Crippen molar-refractivity contribution < 1.29 is 14.7 Å². The second kappa shape index (κ2) is 12.2. The molecule has 1 amide bonds. The number of pyridine rings is 1. The van der Waals surface area contributed by atoms with Gasteiger partial charge in [0.25, 0.3) is 5.56 Å². The molecule has 0 saturated heterocycles. The second-order valence-corrected chi connectivity index (χ2v) is 7.80. The minimum absolute atomic E-state index is 0.0812. The Hall–Kier alpha value is -3.67. The quantitative estimate of drug-likeness (QED) is 0.587. The molecule has 1 aromatic heterocycles. The molecule has 0 fully saturated rings. The maximum atomic E-state index is 11.3. The van der Waals surface area contributed by atoms with E-state index in [-0.39, 0.29) is 30.5 Å². The van der Waals surface area contributed by atoms with Crippen molar-refractivity contribution in [1.29, 1.82) is 0 Å². The molecular formula is C26H30N2O4. The number of aryl methyl sites for hydroxylation is 2. The summed E-state index contributed by atoms with van der Waals surface area (Å²) in [6.45, 7) is 5.93. The Morgan fingerprint density at radius 3 is 2.38 bits per heavy atom. The third-order valence-corrected chi connectivity index (χ3v) is 4.67. The Morgan fingerprint density at radius 1 is 1.00 bits per heavy atom. The van der Waals surface area contributed by atoms with Crippen LogP contribution in [0.4, 0.5) is 0 Å². The first-order valence-corrected chi connectivity index (χ1v) is 10.6. The minimum atomic E-state index is -0.753. The predicted octanol–water partition coefficient (Wildman–Crippen LogP) is 4.05. The van der Waals surface area contributed by atoms with Crippen molar-refractivity contribution in [3.05, 3.63) is 94.4 Å². The van der Waals surface area contributed by atoms with Gasteiger partial charge in [-0.2, -0.15) is 0 Å². The number of hydrogen-bond acceptors (Lipinski definition) is 3. The first-order chi connectivity index (χ1) is 15.3. The van der Waals surface area contributed by atoms with E-state index in [2.05, 4.69) is 36.5 Å². The van der Waals surface area contributed by atoms with E-state index < -0.39 is 5.97 Å². The Kier molecular flexibility index (Phi) is 9.42. The molecule has 0 aliphatic carbocycles. The van der Waals surface area contributed by atoms with E-state index in [4.69, 9.17) is 5.11 Å². The van der Waals surface area contributed by atoms with Crippen LogP contribution in [0.3, 0.4) is 0 Å². The molecule has 2 N–H and O–H groups in total. The summed E-state index contributed by atoms with van der Waals surface area (Å²) in [5, 5.41) is 11.4. The number of rotatable bonds is 7. The van der Waals surface area contributed by atoms with Crippen LogP contribution in [0.2, 0.25) is 0 Å². The standard InChI is InChI=1S/C16H16O2.C10H14N2O2/c1-12-5-2-3-8-15(12)14-7-4-6-13(11-14)9-10-16(17)18;1-8(2)11-9(13)7-12-6-4-3-5-10(12)14/h2-8,11H,9-10H2,1H3,(H,17,18);3-6,8H,7H2,1-2H3,(H,11,13). The SMILES string of the molecule is CC(C)NC(=O)Cn1ccccc1=O.Cc1ccccc1-c1cccc(CCC(=O)O)c1. The van der Waals surface area contributed by atoms with Crippen molar-refractivity contribution in [2.24, 2.45) is 0 Å². The van der Waals surface area contributed by atoms with E-state index in [0.717, 1.165) is 11.1 Å². The summed E-state index contributed by atoms with van der Waals surface area (Å²) in [6, 6.07) is 21.2. The normalized spacial score (nSPS) is 10.2. The van der Waals surface area contributed by atoms with Crippen LogP contribution in [-0.2, 0) is 22.6 Å². The fourth-order valence-corrected chi connectivity index (χ4v) is 3.16. The van der Waals surface area contributed by atoms with E-state index in [1.807, 2.05) is 38.1 Å². The number of benzene rings is 2. The molecule has 6 heteroatoms. The molecule has 0 bridgehead atoms. The summed E-state index contributed by atoms with van der Waals surface area (Å²) in [5.41, 5.74) is 4.49. The first kappa shape index (κ1) is 24.6. The fraction of sp³-hybridized carbons (Fsp3) is 0.269. The molecule has 1 heterocycles. The Labute approximate surface area is 188 Å². The van der Waals surface area contributed by atoms with Gasteiger partial charge in [-0.05, 0) is 55.5 Å². The highest BCUT2D eigenvalue weighted by Gasteiger charge is 2.05. The van der Waals surface area contributed by atoms with Gasteiger partial charge in [0, 0.05) is 24.7 Å². The van der Waals surface area contributed by atoms with Crippen LogP contribution in [-0.4, -0.2) is 27.6 Å². The number of aliphatic carboxylic acids is 1. The molecule has 0 unspecified atom stereocenters. The number of carbonyl (C=O) groups is 2. The molecule has 0 saturated carbocycles. The minimum Gasteiger partial charge on any atom is -0.481 e. The van der Waals surface area contributed by atoms with Crippen molar-refractivity contribution >= 4 is 11.9 Å². The lowest BCUT2D eigenvalue weighted by molar-refractivity contribution is -0.137. The van der Waals surface area contributed by atoms with E-state index >= 15 is 0 Å². The maximum absolute atomic E-state index is 11.3. The van der Waals surface area contributed by atoms with Gasteiger partial charge in [0.05, 0.1) is 0 Å². The van der Waals surface area contributed by atoms with Crippen LogP contribution in [0.15, 0.2) is 77.7 Å². The highest BCUT2D eigenvalue weighted by Crippen LogP contribution is 2.24. The molecule has 0 radical (unpaired) electrons. The molecule has 0 atom stereocenters. The summed E-state index contributed by atoms with van der Waals surface area (Å²) in [6.07, 6.45) is 2.36. The average molecular weight is 435 g/mol. The highest BCUT2D eigenvalue weighted by atomic mass is 16.4. The molecule has 0 aliphatic heterocycles. The average Bonchev–Trinajstić information content (AvgIpc) is 2.74. The van der Waals surface area contributed by atoms with E-state index in [1.165, 1.54) is 21.8 Å². The monoisotopic (exact) mass is 434 g/mol. The van der Waals surface area contributed by atoms with Gasteiger partial charge in [-0.3, -0.25) is 14.4 Å². The molecule has 168 valence electrons. The largest absolute Gasteiger partial charge is 0.481 e. The van der Waals surface area contributed by atoms with Gasteiger partial charge >= 0.3 is 5.97 Å². The summed E-state index contributed by atoms with van der Waals surface area (Å²) in [7, 11) is 0. The molecule has 2 aromatic carbocycles. The van der Waals surface area contributed by atoms with Crippen molar-refractivity contribution in [3.63, 3.8) is 0 Å². The third kappa shape index (κ3) is 8.22. The van der Waals surface area contributed by atoms with Crippen LogP contribution in [0.1, 0.15) is 31.4 Å². The van der Waals surface area contributed by atoms with E-state index in [9.17, 15) is 14.4 Å². The molecule has 3 rings (SSSR count). The highest BCUT2D eigenvalue weighted by molar-refractivity contribution is 5.75. The molecule has 32 heavy (non-hydrogen) atoms. The summed E-state index contributed by atoms with van der Waals surface area (Å²) in [5.74, 6) is -0.899. The molecule has 3 aromatic rings. The summed E-state index contributed by atoms with van der Waals surface area (Å²) in [4.78, 5) is 33.1. The Morgan fingerprint density at radius 2 is 1.72 bits per heavy atom. The van der Waals surface area contributed by atoms with Crippen molar-refractivity contribution in [3.8, 4) is 11.1 Å². The van der Waals surface area contributed by atoms with Gasteiger partial charge in [-0.15, -0.1) is 0 Å². The second-order valence-electron chi connectivity index (χ2n) is 7.80. The lowest BCUT2D eigenvalue weighted by Gasteiger charge is -2.09. The van der Waals surface area contributed by atoms with Gasteiger partial charge in [0.2, 0.25) is 5.91 Å². The van der Waals surface area contributed by atoms with Gasteiger partial charge < -0.3 is 15.0 Å². The number of amides is 1. The first-order valence-electron chi connectivity index (χ1n) is 10.6. The third-order valence-electron chi connectivity index (χ3n) is 4.67. The smallest absolute Gasteiger partial charge is 0.303 e. The van der Waals surface area contributed by atoms with Crippen molar-refractivity contribution in [2.45, 2.75) is 46.2 Å². The number of nitrogens with zero attached hydrogens (tertiary/aromatic N) is 1. The molecule has 0 spiro atoms. The van der Waals surface area contributed by atoms with Gasteiger partial charge in [-0.25, -0.2) is 0 Å². The van der Waals surface area contributed by atoms with Crippen molar-refractivity contribution in [2.75, 3.05) is 0 Å². The van der Waals surface area contributed by atoms with Crippen LogP contribution in [0.25, 0.3) is 11.1 Å². The maximum Gasteiger partial charge on any atom is 0.303 e. The van der Waals surface area contributed by atoms with Gasteiger partial charge in [0.15, 0.2) is 0 Å². The zero-order valence-corrected chi connectivity index (χ0v) is 18.7. The van der Waals surface area contributed by atoms with Crippen LogP contribution >= 0.6 is 0 Å². The number of carboxylic acids is 1. The predicted molar refractivity (Wildman–Crippen MR) is 127 cm³/mol. The number of nitrogens with one attached hydrogen (secondary N) is 1. The fourth-order valence-electron chi connectivity index (χ4n) is 3.16. The van der Waals surface area contributed by atoms with E-state index in [1.54, 1.807) is 18.3 Å². The van der Waals surface area contributed by atoms with E-state index in [0.29, 0.717) is 6.42 Å².